The first-order valence-electron chi connectivity index (χ1n) is 10.2. The maximum absolute atomic E-state index is 5.38. The molecule has 1 rings (SSSR count). The highest BCUT2D eigenvalue weighted by Crippen LogP contribution is 2.13. The first-order valence-corrected chi connectivity index (χ1v) is 10.2. The lowest BCUT2D eigenvalue weighted by Crippen LogP contribution is -2.36. The summed E-state index contributed by atoms with van der Waals surface area (Å²) in [7, 11) is 0. The van der Waals surface area contributed by atoms with Gasteiger partial charge in [0.2, 0.25) is 0 Å². The van der Waals surface area contributed by atoms with E-state index in [2.05, 4.69) is 11.8 Å². The zero-order valence-corrected chi connectivity index (χ0v) is 15.3. The summed E-state index contributed by atoms with van der Waals surface area (Å²) < 4.78 is 5.38. The quantitative estimate of drug-likeness (QED) is 0.354. The van der Waals surface area contributed by atoms with Gasteiger partial charge < -0.3 is 4.74 Å². The number of unbranched alkanes of at least 4 members (excludes halogenated alkanes) is 13. The summed E-state index contributed by atoms with van der Waals surface area (Å²) in [5.74, 6) is 0. The standard InChI is InChI=1S/C20H41NO/c1-2-3-4-5-6-7-8-9-10-11-12-13-14-15-16-21-17-19-22-20-18-21/h2-20H2,1H3. The van der Waals surface area contributed by atoms with Crippen LogP contribution in [0.5, 0.6) is 0 Å². The molecule has 1 saturated heterocycles. The minimum atomic E-state index is 0.943. The average Bonchev–Trinajstić information content (AvgIpc) is 2.56. The molecular weight excluding hydrogens is 270 g/mol. The summed E-state index contributed by atoms with van der Waals surface area (Å²) in [6, 6.07) is 0. The van der Waals surface area contributed by atoms with Crippen LogP contribution in [-0.4, -0.2) is 37.7 Å². The van der Waals surface area contributed by atoms with E-state index in [1.165, 1.54) is 96.4 Å². The number of hydrogen-bond donors (Lipinski definition) is 0. The molecule has 0 unspecified atom stereocenters. The Balaban J connectivity index is 1.68. The Morgan fingerprint density at radius 3 is 1.45 bits per heavy atom. The van der Waals surface area contributed by atoms with Crippen molar-refractivity contribution < 1.29 is 4.74 Å². The summed E-state index contributed by atoms with van der Waals surface area (Å²) >= 11 is 0. The molecule has 0 bridgehead atoms. The van der Waals surface area contributed by atoms with Gasteiger partial charge in [0.1, 0.15) is 0 Å². The first-order chi connectivity index (χ1) is 10.9. The van der Waals surface area contributed by atoms with Gasteiger partial charge in [-0.25, -0.2) is 0 Å². The number of hydrogen-bond acceptors (Lipinski definition) is 2. The van der Waals surface area contributed by atoms with Crippen LogP contribution in [-0.2, 0) is 4.74 Å². The maximum Gasteiger partial charge on any atom is 0.0594 e. The Morgan fingerprint density at radius 2 is 1.00 bits per heavy atom. The van der Waals surface area contributed by atoms with Gasteiger partial charge in [-0.2, -0.15) is 0 Å². The van der Waals surface area contributed by atoms with Crippen LogP contribution in [0.1, 0.15) is 96.8 Å². The second-order valence-electron chi connectivity index (χ2n) is 7.05. The summed E-state index contributed by atoms with van der Waals surface area (Å²) in [6.07, 6.45) is 20.3. The molecule has 0 aromatic rings. The van der Waals surface area contributed by atoms with E-state index in [-0.39, 0.29) is 0 Å². The van der Waals surface area contributed by atoms with Crippen LogP contribution in [0.3, 0.4) is 0 Å². The SMILES string of the molecule is CCCCCCCCCCCCCCCCN1CCOCC1. The van der Waals surface area contributed by atoms with E-state index in [1.54, 1.807) is 0 Å². The van der Waals surface area contributed by atoms with Crippen LogP contribution < -0.4 is 0 Å². The molecule has 2 nitrogen and oxygen atoms in total. The molecule has 0 spiro atoms. The van der Waals surface area contributed by atoms with E-state index in [0.29, 0.717) is 0 Å². The third-order valence-electron chi connectivity index (χ3n) is 4.93. The van der Waals surface area contributed by atoms with Gasteiger partial charge in [-0.05, 0) is 13.0 Å². The second kappa shape index (κ2) is 15.8. The maximum atomic E-state index is 5.38. The summed E-state index contributed by atoms with van der Waals surface area (Å²) in [4.78, 5) is 2.56. The fraction of sp³-hybridized carbons (Fsp3) is 1.00. The van der Waals surface area contributed by atoms with Crippen LogP contribution in [0.4, 0.5) is 0 Å². The van der Waals surface area contributed by atoms with Gasteiger partial charge in [0.15, 0.2) is 0 Å². The minimum Gasteiger partial charge on any atom is -0.379 e. The second-order valence-corrected chi connectivity index (χ2v) is 7.05. The van der Waals surface area contributed by atoms with Gasteiger partial charge >= 0.3 is 0 Å². The van der Waals surface area contributed by atoms with Crippen LogP contribution in [0.25, 0.3) is 0 Å². The zero-order chi connectivity index (χ0) is 15.7. The normalized spacial score (nSPS) is 16.2. The fourth-order valence-corrected chi connectivity index (χ4v) is 3.35. The molecular formula is C20H41NO. The van der Waals surface area contributed by atoms with Crippen molar-refractivity contribution in [1.82, 2.24) is 4.90 Å². The first kappa shape index (κ1) is 20.0. The van der Waals surface area contributed by atoms with Crippen molar-refractivity contribution in [1.29, 1.82) is 0 Å². The van der Waals surface area contributed by atoms with Crippen molar-refractivity contribution in [2.45, 2.75) is 96.8 Å². The molecule has 1 aliphatic rings. The molecule has 1 aliphatic heterocycles. The van der Waals surface area contributed by atoms with Crippen LogP contribution in [0.2, 0.25) is 0 Å². The fourth-order valence-electron chi connectivity index (χ4n) is 3.35. The molecule has 0 aromatic heterocycles. The van der Waals surface area contributed by atoms with Gasteiger partial charge in [0.25, 0.3) is 0 Å². The lowest BCUT2D eigenvalue weighted by Gasteiger charge is -2.26. The highest BCUT2D eigenvalue weighted by Gasteiger charge is 2.08. The van der Waals surface area contributed by atoms with Gasteiger partial charge in [-0.3, -0.25) is 4.90 Å². The molecule has 22 heavy (non-hydrogen) atoms. The number of nitrogens with zero attached hydrogens (tertiary/aromatic N) is 1. The van der Waals surface area contributed by atoms with E-state index in [0.717, 1.165) is 26.3 Å². The van der Waals surface area contributed by atoms with E-state index >= 15 is 0 Å². The van der Waals surface area contributed by atoms with E-state index < -0.39 is 0 Å². The molecule has 0 atom stereocenters. The Hall–Kier alpha value is -0.0800. The Bertz CT molecular complexity index is 214. The van der Waals surface area contributed by atoms with Crippen LogP contribution in [0.15, 0.2) is 0 Å². The minimum absolute atomic E-state index is 0.943. The molecule has 1 heterocycles. The lowest BCUT2D eigenvalue weighted by atomic mass is 10.0. The molecule has 0 N–H and O–H groups in total. The van der Waals surface area contributed by atoms with E-state index in [4.69, 9.17) is 4.74 Å². The van der Waals surface area contributed by atoms with Crippen molar-refractivity contribution in [3.8, 4) is 0 Å². The number of morpholine rings is 1. The van der Waals surface area contributed by atoms with Crippen molar-refractivity contribution in [3.05, 3.63) is 0 Å². The topological polar surface area (TPSA) is 12.5 Å². The molecule has 0 aliphatic carbocycles. The van der Waals surface area contributed by atoms with Gasteiger partial charge in [0, 0.05) is 13.1 Å². The Morgan fingerprint density at radius 1 is 0.591 bits per heavy atom. The van der Waals surface area contributed by atoms with Crippen LogP contribution >= 0.6 is 0 Å². The molecule has 1 fully saturated rings. The van der Waals surface area contributed by atoms with Crippen molar-refractivity contribution in [2.24, 2.45) is 0 Å². The van der Waals surface area contributed by atoms with E-state index in [9.17, 15) is 0 Å². The van der Waals surface area contributed by atoms with Crippen molar-refractivity contribution >= 4 is 0 Å². The summed E-state index contributed by atoms with van der Waals surface area (Å²) in [5.41, 5.74) is 0. The molecule has 0 aromatic carbocycles. The zero-order valence-electron chi connectivity index (χ0n) is 15.3. The number of ether oxygens (including phenoxy) is 1. The predicted molar refractivity (Wildman–Crippen MR) is 97.6 cm³/mol. The van der Waals surface area contributed by atoms with Gasteiger partial charge in [-0.1, -0.05) is 90.4 Å². The molecule has 0 radical (unpaired) electrons. The van der Waals surface area contributed by atoms with E-state index in [1.807, 2.05) is 0 Å². The summed E-state index contributed by atoms with van der Waals surface area (Å²) in [5, 5.41) is 0. The molecule has 132 valence electrons. The van der Waals surface area contributed by atoms with Gasteiger partial charge in [-0.15, -0.1) is 0 Å². The highest BCUT2D eigenvalue weighted by molar-refractivity contribution is 4.61. The highest BCUT2D eigenvalue weighted by atomic mass is 16.5. The third kappa shape index (κ3) is 12.5. The smallest absolute Gasteiger partial charge is 0.0594 e. The largest absolute Gasteiger partial charge is 0.379 e. The molecule has 2 heteroatoms. The predicted octanol–water partition coefficient (Wildman–Crippen LogP) is 5.80. The number of rotatable bonds is 15. The summed E-state index contributed by atoms with van der Waals surface area (Å²) in [6.45, 7) is 7.78. The monoisotopic (exact) mass is 311 g/mol. The van der Waals surface area contributed by atoms with Crippen molar-refractivity contribution in [3.63, 3.8) is 0 Å². The molecule has 0 amide bonds. The Labute approximate surface area is 140 Å². The lowest BCUT2D eigenvalue weighted by molar-refractivity contribution is 0.0371. The average molecular weight is 312 g/mol. The third-order valence-corrected chi connectivity index (χ3v) is 4.93. The Kier molecular flexibility index (Phi) is 14.3. The molecule has 0 saturated carbocycles. The van der Waals surface area contributed by atoms with Crippen LogP contribution in [0, 0.1) is 0 Å². The van der Waals surface area contributed by atoms with Crippen molar-refractivity contribution in [2.75, 3.05) is 32.8 Å². The van der Waals surface area contributed by atoms with Gasteiger partial charge in [0.05, 0.1) is 13.2 Å².